The quantitative estimate of drug-likeness (QED) is 0.747. The maximum absolute atomic E-state index is 10.8. The number of aromatic carboxylic acids is 1. The van der Waals surface area contributed by atoms with Crippen molar-refractivity contribution in [2.75, 3.05) is 5.75 Å². The molecule has 0 spiro atoms. The van der Waals surface area contributed by atoms with Crippen LogP contribution in [-0.2, 0) is 0 Å². The molecule has 0 radical (unpaired) electrons. The van der Waals surface area contributed by atoms with E-state index < -0.39 is 5.97 Å². The molecule has 74 valence electrons. The van der Waals surface area contributed by atoms with Gasteiger partial charge in [-0.1, -0.05) is 6.08 Å². The summed E-state index contributed by atoms with van der Waals surface area (Å²) in [4.78, 5) is 14.7. The molecule has 0 bridgehead atoms. The topological polar surface area (TPSA) is 50.2 Å². The van der Waals surface area contributed by atoms with Crippen LogP contribution in [0.4, 0.5) is 0 Å². The van der Waals surface area contributed by atoms with Gasteiger partial charge in [-0.05, 0) is 30.4 Å². The third-order valence-corrected chi connectivity index (χ3v) is 1.90. The molecule has 0 aromatic carbocycles. The first-order valence-corrected chi connectivity index (χ1v) is 4.84. The summed E-state index contributed by atoms with van der Waals surface area (Å²) in [5.74, 6) is -0.213. The summed E-state index contributed by atoms with van der Waals surface area (Å²) in [6.07, 6.45) is 5.95. The number of nitrogens with zero attached hydrogens (tertiary/aromatic N) is 1. The van der Waals surface area contributed by atoms with Crippen LogP contribution in [0.15, 0.2) is 24.4 Å². The molecule has 0 saturated heterocycles. The molecule has 0 aliphatic carbocycles. The van der Waals surface area contributed by atoms with Crippen molar-refractivity contribution in [1.82, 2.24) is 4.98 Å². The molecule has 4 heteroatoms. The van der Waals surface area contributed by atoms with Gasteiger partial charge in [0.05, 0.1) is 11.3 Å². The zero-order valence-corrected chi connectivity index (χ0v) is 8.45. The monoisotopic (exact) mass is 209 g/mol. The first kappa shape index (κ1) is 10.8. The normalized spacial score (nSPS) is 10.6. The first-order valence-electron chi connectivity index (χ1n) is 4.21. The molecule has 0 saturated carbocycles. The number of carboxylic acids is 1. The van der Waals surface area contributed by atoms with Gasteiger partial charge in [-0.25, -0.2) is 4.79 Å². The third-order valence-electron chi connectivity index (χ3n) is 1.64. The van der Waals surface area contributed by atoms with E-state index in [1.54, 1.807) is 18.3 Å². The molecule has 0 fully saturated rings. The number of rotatable bonds is 4. The molecule has 1 rings (SSSR count). The molecule has 14 heavy (non-hydrogen) atoms. The SMILES string of the molecule is O=C(O)c1cccnc1C=CCCS. The van der Waals surface area contributed by atoms with Crippen LogP contribution in [0.2, 0.25) is 0 Å². The lowest BCUT2D eigenvalue weighted by Crippen LogP contribution is -2.00. The molecule has 0 amide bonds. The molecule has 1 N–H and O–H groups in total. The molecular formula is C10H11NO2S. The lowest BCUT2D eigenvalue weighted by molar-refractivity contribution is 0.0696. The average molecular weight is 209 g/mol. The van der Waals surface area contributed by atoms with Crippen molar-refractivity contribution < 1.29 is 9.90 Å². The van der Waals surface area contributed by atoms with Gasteiger partial charge in [0.25, 0.3) is 0 Å². The van der Waals surface area contributed by atoms with Crippen molar-refractivity contribution in [3.8, 4) is 0 Å². The Kier molecular flexibility index (Phi) is 4.19. The van der Waals surface area contributed by atoms with Crippen LogP contribution < -0.4 is 0 Å². The number of carboxylic acid groups (broad SMARTS) is 1. The zero-order chi connectivity index (χ0) is 10.4. The number of aromatic nitrogens is 1. The lowest BCUT2D eigenvalue weighted by atomic mass is 10.2. The summed E-state index contributed by atoms with van der Waals surface area (Å²) in [5.41, 5.74) is 0.713. The fourth-order valence-corrected chi connectivity index (χ4v) is 1.15. The van der Waals surface area contributed by atoms with Crippen LogP contribution in [0, 0.1) is 0 Å². The highest BCUT2D eigenvalue weighted by Gasteiger charge is 2.06. The number of carbonyl (C=O) groups is 1. The van der Waals surface area contributed by atoms with Crippen LogP contribution in [0.1, 0.15) is 22.5 Å². The Balaban J connectivity index is 2.90. The second kappa shape index (κ2) is 5.44. The smallest absolute Gasteiger partial charge is 0.337 e. The van der Waals surface area contributed by atoms with Gasteiger partial charge >= 0.3 is 5.97 Å². The van der Waals surface area contributed by atoms with Crippen LogP contribution in [0.5, 0.6) is 0 Å². The van der Waals surface area contributed by atoms with Crippen LogP contribution in [0.25, 0.3) is 6.08 Å². The second-order valence-electron chi connectivity index (χ2n) is 2.66. The highest BCUT2D eigenvalue weighted by molar-refractivity contribution is 7.80. The minimum Gasteiger partial charge on any atom is -0.478 e. The highest BCUT2D eigenvalue weighted by Crippen LogP contribution is 2.07. The van der Waals surface area contributed by atoms with E-state index in [-0.39, 0.29) is 5.56 Å². The summed E-state index contributed by atoms with van der Waals surface area (Å²) in [7, 11) is 0. The summed E-state index contributed by atoms with van der Waals surface area (Å²) in [5, 5.41) is 8.83. The summed E-state index contributed by atoms with van der Waals surface area (Å²) in [6, 6.07) is 3.15. The van der Waals surface area contributed by atoms with Crippen molar-refractivity contribution in [2.45, 2.75) is 6.42 Å². The molecule has 0 unspecified atom stereocenters. The molecule has 0 aliphatic heterocycles. The Bertz CT molecular complexity index is 350. The Morgan fingerprint density at radius 1 is 1.64 bits per heavy atom. The Hall–Kier alpha value is -1.29. The van der Waals surface area contributed by atoms with Crippen LogP contribution in [-0.4, -0.2) is 21.8 Å². The largest absolute Gasteiger partial charge is 0.478 e. The van der Waals surface area contributed by atoms with Gasteiger partial charge in [-0.3, -0.25) is 4.98 Å². The minimum absolute atomic E-state index is 0.225. The van der Waals surface area contributed by atoms with E-state index in [1.807, 2.05) is 6.08 Å². The number of pyridine rings is 1. The van der Waals surface area contributed by atoms with E-state index in [0.717, 1.165) is 12.2 Å². The van der Waals surface area contributed by atoms with Gasteiger partial charge in [0.2, 0.25) is 0 Å². The maximum Gasteiger partial charge on any atom is 0.337 e. The van der Waals surface area contributed by atoms with E-state index >= 15 is 0 Å². The van der Waals surface area contributed by atoms with Gasteiger partial charge in [0.15, 0.2) is 0 Å². The fourth-order valence-electron chi connectivity index (χ4n) is 1.00. The second-order valence-corrected chi connectivity index (χ2v) is 3.10. The van der Waals surface area contributed by atoms with E-state index in [2.05, 4.69) is 17.6 Å². The number of thiol groups is 1. The average Bonchev–Trinajstić information content (AvgIpc) is 2.19. The van der Waals surface area contributed by atoms with Crippen molar-refractivity contribution in [3.05, 3.63) is 35.7 Å². The Morgan fingerprint density at radius 3 is 3.07 bits per heavy atom. The predicted octanol–water partition coefficient (Wildman–Crippen LogP) is 2.11. The molecule has 0 aliphatic rings. The van der Waals surface area contributed by atoms with E-state index in [1.165, 1.54) is 6.07 Å². The highest BCUT2D eigenvalue weighted by atomic mass is 32.1. The predicted molar refractivity (Wildman–Crippen MR) is 58.7 cm³/mol. The standard InChI is InChI=1S/C10H11NO2S/c12-10(13)8-4-3-6-11-9(8)5-1-2-7-14/h1,3-6,14H,2,7H2,(H,12,13). The lowest BCUT2D eigenvalue weighted by Gasteiger charge is -1.98. The fraction of sp³-hybridized carbons (Fsp3) is 0.200. The van der Waals surface area contributed by atoms with Crippen molar-refractivity contribution >= 4 is 24.7 Å². The Morgan fingerprint density at radius 2 is 2.43 bits per heavy atom. The van der Waals surface area contributed by atoms with Crippen molar-refractivity contribution in [1.29, 1.82) is 0 Å². The van der Waals surface area contributed by atoms with E-state index in [0.29, 0.717) is 5.69 Å². The van der Waals surface area contributed by atoms with E-state index in [4.69, 9.17) is 5.11 Å². The first-order chi connectivity index (χ1) is 6.75. The van der Waals surface area contributed by atoms with Gasteiger partial charge in [-0.2, -0.15) is 12.6 Å². The number of allylic oxidation sites excluding steroid dienone is 1. The maximum atomic E-state index is 10.8. The third kappa shape index (κ3) is 2.88. The van der Waals surface area contributed by atoms with Gasteiger partial charge in [-0.15, -0.1) is 0 Å². The van der Waals surface area contributed by atoms with Gasteiger partial charge < -0.3 is 5.11 Å². The zero-order valence-electron chi connectivity index (χ0n) is 7.55. The molecule has 1 aromatic heterocycles. The molecular weight excluding hydrogens is 198 g/mol. The summed E-state index contributed by atoms with van der Waals surface area (Å²) < 4.78 is 0. The molecule has 1 aromatic rings. The van der Waals surface area contributed by atoms with E-state index in [9.17, 15) is 4.79 Å². The van der Waals surface area contributed by atoms with Gasteiger partial charge in [0.1, 0.15) is 0 Å². The van der Waals surface area contributed by atoms with Crippen molar-refractivity contribution in [2.24, 2.45) is 0 Å². The Labute approximate surface area is 87.9 Å². The molecule has 3 nitrogen and oxygen atoms in total. The van der Waals surface area contributed by atoms with Gasteiger partial charge in [0, 0.05) is 6.20 Å². The number of hydrogen-bond acceptors (Lipinski definition) is 3. The summed E-state index contributed by atoms with van der Waals surface area (Å²) in [6.45, 7) is 0. The van der Waals surface area contributed by atoms with Crippen molar-refractivity contribution in [3.63, 3.8) is 0 Å². The number of hydrogen-bond donors (Lipinski definition) is 2. The molecule has 0 atom stereocenters. The summed E-state index contributed by atoms with van der Waals surface area (Å²) >= 11 is 4.05. The van der Waals surface area contributed by atoms with Crippen LogP contribution >= 0.6 is 12.6 Å². The minimum atomic E-state index is -0.955. The van der Waals surface area contributed by atoms with Crippen LogP contribution in [0.3, 0.4) is 0 Å². The molecule has 1 heterocycles.